The van der Waals surface area contributed by atoms with Gasteiger partial charge in [0.25, 0.3) is 0 Å². The molecule has 2 aromatic rings. The second-order valence-electron chi connectivity index (χ2n) is 8.84. The minimum Gasteiger partial charge on any atom is -0.480 e. The maximum atomic E-state index is 12.6. The Morgan fingerprint density at radius 1 is 1.24 bits per heavy atom. The average Bonchev–Trinajstić information content (AvgIpc) is 2.82. The first-order valence-corrected chi connectivity index (χ1v) is 12.1. The van der Waals surface area contributed by atoms with Crippen LogP contribution in [0.2, 0.25) is 5.02 Å². The maximum Gasteiger partial charge on any atom is 0.325 e. The summed E-state index contributed by atoms with van der Waals surface area (Å²) in [7, 11) is 0. The van der Waals surface area contributed by atoms with E-state index in [9.17, 15) is 14.7 Å². The summed E-state index contributed by atoms with van der Waals surface area (Å²) in [5.41, 5.74) is 3.00. The van der Waals surface area contributed by atoms with Gasteiger partial charge in [-0.3, -0.25) is 14.5 Å². The number of carbonyl (C=O) groups excluding carboxylic acids is 1. The van der Waals surface area contributed by atoms with Gasteiger partial charge in [0.15, 0.2) is 0 Å². The zero-order valence-corrected chi connectivity index (χ0v) is 19.5. The molecule has 0 radical (unpaired) electrons. The number of aromatic nitrogens is 1. The molecule has 8 heteroatoms. The lowest BCUT2D eigenvalue weighted by Gasteiger charge is -2.35. The van der Waals surface area contributed by atoms with Crippen LogP contribution in [0.25, 0.3) is 0 Å². The zero-order chi connectivity index (χ0) is 23.2. The number of amides is 1. The molecule has 1 aromatic carbocycles. The molecular weight excluding hydrogens is 440 g/mol. The molecule has 2 aliphatic heterocycles. The normalized spacial score (nSPS) is 17.6. The van der Waals surface area contributed by atoms with Crippen LogP contribution in [-0.4, -0.2) is 53.0 Å². The van der Waals surface area contributed by atoms with Gasteiger partial charge in [-0.1, -0.05) is 29.8 Å². The van der Waals surface area contributed by atoms with Crippen LogP contribution in [-0.2, 0) is 22.4 Å². The molecule has 3 heterocycles. The quantitative estimate of drug-likeness (QED) is 0.509. The van der Waals surface area contributed by atoms with E-state index in [-0.39, 0.29) is 11.8 Å². The Kier molecular flexibility index (Phi) is 7.83. The number of anilines is 1. The number of hydrogen-bond acceptors (Lipinski definition) is 5. The SMILES string of the molecule is O=C(NCCCc1ccc2c(n1)NCCC2)C1CCN(C(C(=O)O)c2cccc(Cl)c2)CC1. The summed E-state index contributed by atoms with van der Waals surface area (Å²) in [6, 6.07) is 10.5. The molecule has 1 amide bonds. The number of carboxylic acids is 1. The number of nitrogens with zero attached hydrogens (tertiary/aromatic N) is 2. The summed E-state index contributed by atoms with van der Waals surface area (Å²) in [4.78, 5) is 31.2. The van der Waals surface area contributed by atoms with Crippen LogP contribution in [0.4, 0.5) is 5.82 Å². The van der Waals surface area contributed by atoms with Crippen molar-refractivity contribution in [1.29, 1.82) is 0 Å². The number of benzene rings is 1. The van der Waals surface area contributed by atoms with Gasteiger partial charge in [-0.2, -0.15) is 0 Å². The largest absolute Gasteiger partial charge is 0.480 e. The number of hydrogen-bond donors (Lipinski definition) is 3. The summed E-state index contributed by atoms with van der Waals surface area (Å²) in [5, 5.41) is 16.7. The number of nitrogens with one attached hydrogen (secondary N) is 2. The van der Waals surface area contributed by atoms with Crippen LogP contribution in [0.5, 0.6) is 0 Å². The van der Waals surface area contributed by atoms with Gasteiger partial charge in [0, 0.05) is 42.8 Å². The van der Waals surface area contributed by atoms with Crippen molar-refractivity contribution in [1.82, 2.24) is 15.2 Å². The highest BCUT2D eigenvalue weighted by molar-refractivity contribution is 6.30. The molecule has 0 bridgehead atoms. The van der Waals surface area contributed by atoms with E-state index in [1.54, 1.807) is 24.3 Å². The fraction of sp³-hybridized carbons (Fsp3) is 0.480. The maximum absolute atomic E-state index is 12.6. The number of aryl methyl sites for hydroxylation is 2. The number of rotatable bonds is 8. The van der Waals surface area contributed by atoms with Gasteiger partial charge in [-0.05, 0) is 67.9 Å². The van der Waals surface area contributed by atoms with E-state index in [1.165, 1.54) is 5.56 Å². The van der Waals surface area contributed by atoms with E-state index in [0.29, 0.717) is 43.1 Å². The molecule has 1 unspecified atom stereocenters. The molecule has 176 valence electrons. The number of pyridine rings is 1. The van der Waals surface area contributed by atoms with E-state index >= 15 is 0 Å². The van der Waals surface area contributed by atoms with Gasteiger partial charge in [-0.25, -0.2) is 4.98 Å². The number of piperidine rings is 1. The first-order valence-electron chi connectivity index (χ1n) is 11.7. The Morgan fingerprint density at radius 2 is 2.06 bits per heavy atom. The van der Waals surface area contributed by atoms with Gasteiger partial charge in [0.05, 0.1) is 0 Å². The lowest BCUT2D eigenvalue weighted by molar-refractivity contribution is -0.144. The standard InChI is InChI=1S/C25H31ClN4O3/c26-20-6-1-4-19(16-20)22(25(32)33)30-14-10-18(11-15-30)24(31)28-13-3-7-21-9-8-17-5-2-12-27-23(17)29-21/h1,4,6,8-9,16,18,22H,2-3,5,7,10-15H2,(H,27,29)(H,28,31)(H,32,33). The first-order chi connectivity index (χ1) is 16.0. The molecule has 7 nitrogen and oxygen atoms in total. The van der Waals surface area contributed by atoms with E-state index in [1.807, 2.05) is 4.90 Å². The fourth-order valence-electron chi connectivity index (χ4n) is 4.74. The van der Waals surface area contributed by atoms with E-state index in [4.69, 9.17) is 16.6 Å². The number of likely N-dealkylation sites (tertiary alicyclic amines) is 1. The fourth-order valence-corrected chi connectivity index (χ4v) is 4.94. The Bertz CT molecular complexity index is 991. The summed E-state index contributed by atoms with van der Waals surface area (Å²) in [6.07, 6.45) is 5.19. The Morgan fingerprint density at radius 3 is 2.82 bits per heavy atom. The third-order valence-electron chi connectivity index (χ3n) is 6.52. The molecule has 1 aromatic heterocycles. The van der Waals surface area contributed by atoms with Gasteiger partial charge >= 0.3 is 5.97 Å². The second kappa shape index (κ2) is 11.0. The minimum atomic E-state index is -0.897. The van der Waals surface area contributed by atoms with Crippen molar-refractivity contribution < 1.29 is 14.7 Å². The van der Waals surface area contributed by atoms with Crippen LogP contribution in [0.15, 0.2) is 36.4 Å². The van der Waals surface area contributed by atoms with E-state index < -0.39 is 12.0 Å². The summed E-state index contributed by atoms with van der Waals surface area (Å²) >= 11 is 6.06. The Balaban J connectivity index is 1.22. The van der Waals surface area contributed by atoms with Gasteiger partial charge < -0.3 is 15.7 Å². The zero-order valence-electron chi connectivity index (χ0n) is 18.7. The molecule has 4 rings (SSSR count). The van der Waals surface area contributed by atoms with Gasteiger partial charge in [0.2, 0.25) is 5.91 Å². The second-order valence-corrected chi connectivity index (χ2v) is 9.28. The number of carboxylic acid groups (broad SMARTS) is 1. The van der Waals surface area contributed by atoms with E-state index in [2.05, 4.69) is 22.8 Å². The van der Waals surface area contributed by atoms with Crippen LogP contribution in [0, 0.1) is 5.92 Å². The van der Waals surface area contributed by atoms with Crippen molar-refractivity contribution >= 4 is 29.3 Å². The molecule has 0 aliphatic carbocycles. The van der Waals surface area contributed by atoms with Crippen molar-refractivity contribution in [2.24, 2.45) is 5.92 Å². The first kappa shape index (κ1) is 23.5. The summed E-state index contributed by atoms with van der Waals surface area (Å²) in [6.45, 7) is 2.72. The molecule has 1 fully saturated rings. The third kappa shape index (κ3) is 6.03. The highest BCUT2D eigenvalue weighted by Crippen LogP contribution is 2.29. The molecule has 33 heavy (non-hydrogen) atoms. The van der Waals surface area contributed by atoms with Crippen LogP contribution >= 0.6 is 11.6 Å². The molecule has 1 atom stereocenters. The Hall–Kier alpha value is -2.64. The minimum absolute atomic E-state index is 0.0596. The lowest BCUT2D eigenvalue weighted by Crippen LogP contribution is -2.44. The van der Waals surface area contributed by atoms with Crippen LogP contribution < -0.4 is 10.6 Å². The number of fused-ring (bicyclic) bond motifs is 1. The molecule has 1 saturated heterocycles. The van der Waals surface area contributed by atoms with Crippen molar-refractivity contribution in [3.63, 3.8) is 0 Å². The highest BCUT2D eigenvalue weighted by atomic mass is 35.5. The lowest BCUT2D eigenvalue weighted by atomic mass is 9.93. The number of halogens is 1. The predicted octanol–water partition coefficient (Wildman–Crippen LogP) is 3.68. The van der Waals surface area contributed by atoms with Crippen molar-refractivity contribution in [3.05, 3.63) is 58.2 Å². The van der Waals surface area contributed by atoms with Crippen molar-refractivity contribution in [3.8, 4) is 0 Å². The monoisotopic (exact) mass is 470 g/mol. The molecule has 2 aliphatic rings. The smallest absolute Gasteiger partial charge is 0.325 e. The topological polar surface area (TPSA) is 94.6 Å². The highest BCUT2D eigenvalue weighted by Gasteiger charge is 2.33. The molecule has 0 saturated carbocycles. The number of aliphatic carboxylic acids is 1. The molecule has 3 N–H and O–H groups in total. The molecular formula is C25H31ClN4O3. The summed E-state index contributed by atoms with van der Waals surface area (Å²) in [5.74, 6) is 0.0867. The molecule has 0 spiro atoms. The number of carbonyl (C=O) groups is 2. The van der Waals surface area contributed by atoms with Crippen molar-refractivity contribution in [2.45, 2.75) is 44.6 Å². The van der Waals surface area contributed by atoms with Crippen LogP contribution in [0.3, 0.4) is 0 Å². The van der Waals surface area contributed by atoms with Gasteiger partial charge in [-0.15, -0.1) is 0 Å². The summed E-state index contributed by atoms with van der Waals surface area (Å²) < 4.78 is 0. The van der Waals surface area contributed by atoms with E-state index in [0.717, 1.165) is 43.7 Å². The average molecular weight is 471 g/mol. The van der Waals surface area contributed by atoms with Crippen LogP contribution in [0.1, 0.15) is 48.5 Å². The predicted molar refractivity (Wildman–Crippen MR) is 129 cm³/mol. The van der Waals surface area contributed by atoms with Crippen molar-refractivity contribution in [2.75, 3.05) is 31.5 Å². The Labute approximate surface area is 199 Å². The van der Waals surface area contributed by atoms with Gasteiger partial charge in [0.1, 0.15) is 11.9 Å². The third-order valence-corrected chi connectivity index (χ3v) is 6.76.